The van der Waals surface area contributed by atoms with Crippen molar-refractivity contribution in [2.45, 2.75) is 24.9 Å². The van der Waals surface area contributed by atoms with Gasteiger partial charge in [0.1, 0.15) is 0 Å². The standard InChI is InChI=1S/C13H14Cl2N4S/c1-8(2)12-17-18-13(20-3)19(12)16-7-9-10(14)5-4-6-11(9)15/h4-8H,1-3H3/b16-7-. The summed E-state index contributed by atoms with van der Waals surface area (Å²) in [5.74, 6) is 1.02. The van der Waals surface area contributed by atoms with Gasteiger partial charge >= 0.3 is 0 Å². The van der Waals surface area contributed by atoms with Gasteiger partial charge in [0.15, 0.2) is 5.82 Å². The molecule has 4 nitrogen and oxygen atoms in total. The Morgan fingerprint density at radius 1 is 1.25 bits per heavy atom. The second-order valence-electron chi connectivity index (χ2n) is 4.39. The highest BCUT2D eigenvalue weighted by molar-refractivity contribution is 7.98. The van der Waals surface area contributed by atoms with Crippen molar-refractivity contribution in [2.75, 3.05) is 6.26 Å². The molecular formula is C13H14Cl2N4S. The summed E-state index contributed by atoms with van der Waals surface area (Å²) < 4.78 is 1.72. The molecular weight excluding hydrogens is 315 g/mol. The van der Waals surface area contributed by atoms with Crippen LogP contribution >= 0.6 is 35.0 Å². The van der Waals surface area contributed by atoms with Crippen LogP contribution in [0.4, 0.5) is 0 Å². The summed E-state index contributed by atoms with van der Waals surface area (Å²) in [6.45, 7) is 4.09. The summed E-state index contributed by atoms with van der Waals surface area (Å²) >= 11 is 13.7. The first-order chi connectivity index (χ1) is 9.54. The lowest BCUT2D eigenvalue weighted by atomic mass is 10.2. The molecule has 0 unspecified atom stereocenters. The fraction of sp³-hybridized carbons (Fsp3) is 0.308. The van der Waals surface area contributed by atoms with E-state index in [2.05, 4.69) is 15.3 Å². The van der Waals surface area contributed by atoms with Crippen molar-refractivity contribution in [3.63, 3.8) is 0 Å². The van der Waals surface area contributed by atoms with E-state index >= 15 is 0 Å². The van der Waals surface area contributed by atoms with Crippen LogP contribution < -0.4 is 0 Å². The van der Waals surface area contributed by atoms with Crippen LogP contribution in [0.1, 0.15) is 31.2 Å². The summed E-state index contributed by atoms with van der Waals surface area (Å²) in [5.41, 5.74) is 0.686. The lowest BCUT2D eigenvalue weighted by Gasteiger charge is -2.06. The Kier molecular flexibility index (Phi) is 5.07. The predicted molar refractivity (Wildman–Crippen MR) is 85.3 cm³/mol. The molecule has 0 amide bonds. The van der Waals surface area contributed by atoms with Crippen LogP contribution in [-0.4, -0.2) is 27.3 Å². The summed E-state index contributed by atoms with van der Waals surface area (Å²) in [4.78, 5) is 0. The quantitative estimate of drug-likeness (QED) is 0.620. The Bertz CT molecular complexity index is 617. The molecule has 0 N–H and O–H groups in total. The maximum Gasteiger partial charge on any atom is 0.211 e. The third-order valence-electron chi connectivity index (χ3n) is 2.64. The Labute approximate surface area is 132 Å². The van der Waals surface area contributed by atoms with Crippen LogP contribution in [0, 0.1) is 0 Å². The number of benzene rings is 1. The fourth-order valence-corrected chi connectivity index (χ4v) is 2.55. The number of hydrogen-bond acceptors (Lipinski definition) is 4. The molecule has 0 atom stereocenters. The normalized spacial score (nSPS) is 11.7. The number of rotatable bonds is 4. The Balaban J connectivity index is 2.43. The second kappa shape index (κ2) is 6.61. The van der Waals surface area contributed by atoms with Crippen LogP contribution in [0.2, 0.25) is 10.0 Å². The molecule has 1 aromatic heterocycles. The van der Waals surface area contributed by atoms with Crippen molar-refractivity contribution in [1.29, 1.82) is 0 Å². The molecule has 0 saturated carbocycles. The third-order valence-corrected chi connectivity index (χ3v) is 3.92. The molecule has 2 aromatic rings. The SMILES string of the molecule is CSc1nnc(C(C)C)n1/N=C\c1c(Cl)cccc1Cl. The van der Waals surface area contributed by atoms with Gasteiger partial charge in [-0.3, -0.25) is 0 Å². The molecule has 0 aliphatic carbocycles. The van der Waals surface area contributed by atoms with E-state index in [0.717, 1.165) is 11.0 Å². The van der Waals surface area contributed by atoms with E-state index in [1.165, 1.54) is 11.8 Å². The van der Waals surface area contributed by atoms with Gasteiger partial charge < -0.3 is 0 Å². The number of nitrogens with zero attached hydrogens (tertiary/aromatic N) is 4. The smallest absolute Gasteiger partial charge is 0.191 e. The highest BCUT2D eigenvalue weighted by Gasteiger charge is 2.13. The third kappa shape index (κ3) is 3.16. The molecule has 0 spiro atoms. The first-order valence-electron chi connectivity index (χ1n) is 6.02. The highest BCUT2D eigenvalue weighted by atomic mass is 35.5. The molecule has 2 rings (SSSR count). The predicted octanol–water partition coefficient (Wildman–Crippen LogP) is 4.31. The topological polar surface area (TPSA) is 43.1 Å². The van der Waals surface area contributed by atoms with Gasteiger partial charge in [-0.15, -0.1) is 10.2 Å². The largest absolute Gasteiger partial charge is 0.211 e. The van der Waals surface area contributed by atoms with Gasteiger partial charge in [-0.2, -0.15) is 9.78 Å². The van der Waals surface area contributed by atoms with Crippen molar-refractivity contribution in [3.05, 3.63) is 39.6 Å². The zero-order valence-electron chi connectivity index (χ0n) is 11.3. The summed E-state index contributed by atoms with van der Waals surface area (Å²) in [7, 11) is 0. The van der Waals surface area contributed by atoms with E-state index in [9.17, 15) is 0 Å². The molecule has 0 bridgehead atoms. The van der Waals surface area contributed by atoms with Gasteiger partial charge in [-0.25, -0.2) is 0 Å². The van der Waals surface area contributed by atoms with Gasteiger partial charge in [0, 0.05) is 11.5 Å². The minimum Gasteiger partial charge on any atom is -0.191 e. The maximum absolute atomic E-state index is 6.12. The van der Waals surface area contributed by atoms with Crippen molar-refractivity contribution >= 4 is 41.2 Å². The monoisotopic (exact) mass is 328 g/mol. The maximum atomic E-state index is 6.12. The van der Waals surface area contributed by atoms with Crippen LogP contribution in [0.15, 0.2) is 28.5 Å². The first-order valence-corrected chi connectivity index (χ1v) is 8.00. The van der Waals surface area contributed by atoms with Crippen molar-refractivity contribution < 1.29 is 0 Å². The molecule has 106 valence electrons. The van der Waals surface area contributed by atoms with E-state index in [0.29, 0.717) is 15.6 Å². The Morgan fingerprint density at radius 2 is 1.90 bits per heavy atom. The lowest BCUT2D eigenvalue weighted by molar-refractivity contribution is 0.668. The molecule has 1 aromatic carbocycles. The Hall–Kier alpha value is -1.04. The van der Waals surface area contributed by atoms with Crippen molar-refractivity contribution in [2.24, 2.45) is 5.10 Å². The van der Waals surface area contributed by atoms with E-state index in [-0.39, 0.29) is 5.92 Å². The molecule has 20 heavy (non-hydrogen) atoms. The molecule has 0 aliphatic heterocycles. The number of halogens is 2. The van der Waals surface area contributed by atoms with E-state index in [1.54, 1.807) is 29.1 Å². The average Bonchev–Trinajstić information content (AvgIpc) is 2.81. The van der Waals surface area contributed by atoms with Crippen LogP contribution in [-0.2, 0) is 0 Å². The molecule has 0 aliphatic rings. The highest BCUT2D eigenvalue weighted by Crippen LogP contribution is 2.23. The summed E-state index contributed by atoms with van der Waals surface area (Å²) in [5, 5.41) is 14.5. The van der Waals surface area contributed by atoms with E-state index in [4.69, 9.17) is 23.2 Å². The fourth-order valence-electron chi connectivity index (χ4n) is 1.62. The number of aromatic nitrogens is 3. The molecule has 0 radical (unpaired) electrons. The van der Waals surface area contributed by atoms with Gasteiger partial charge in [-0.05, 0) is 18.4 Å². The lowest BCUT2D eigenvalue weighted by Crippen LogP contribution is -2.02. The zero-order chi connectivity index (χ0) is 14.7. The minimum absolute atomic E-state index is 0.224. The van der Waals surface area contributed by atoms with Gasteiger partial charge in [0.25, 0.3) is 0 Å². The van der Waals surface area contributed by atoms with Gasteiger partial charge in [-0.1, -0.05) is 54.9 Å². The Morgan fingerprint density at radius 3 is 2.45 bits per heavy atom. The van der Waals surface area contributed by atoms with Gasteiger partial charge in [0.2, 0.25) is 5.16 Å². The van der Waals surface area contributed by atoms with Gasteiger partial charge in [0.05, 0.1) is 16.3 Å². The van der Waals surface area contributed by atoms with E-state index in [1.807, 2.05) is 20.1 Å². The van der Waals surface area contributed by atoms with E-state index < -0.39 is 0 Å². The van der Waals surface area contributed by atoms with Crippen molar-refractivity contribution in [1.82, 2.24) is 14.9 Å². The first kappa shape index (κ1) is 15.4. The van der Waals surface area contributed by atoms with Crippen LogP contribution in [0.5, 0.6) is 0 Å². The average molecular weight is 329 g/mol. The summed E-state index contributed by atoms with van der Waals surface area (Å²) in [6.07, 6.45) is 3.57. The van der Waals surface area contributed by atoms with Crippen LogP contribution in [0.3, 0.4) is 0 Å². The van der Waals surface area contributed by atoms with Crippen molar-refractivity contribution in [3.8, 4) is 0 Å². The molecule has 7 heteroatoms. The number of hydrogen-bond donors (Lipinski definition) is 0. The summed E-state index contributed by atoms with van der Waals surface area (Å²) in [6, 6.07) is 5.35. The minimum atomic E-state index is 0.224. The molecule has 1 heterocycles. The second-order valence-corrected chi connectivity index (χ2v) is 5.98. The molecule has 0 fully saturated rings. The van der Waals surface area contributed by atoms with Crippen LogP contribution in [0.25, 0.3) is 0 Å². The molecule has 0 saturated heterocycles. The zero-order valence-corrected chi connectivity index (χ0v) is 13.7. The number of thioether (sulfide) groups is 1.